The van der Waals surface area contributed by atoms with Crippen LogP contribution in [0.2, 0.25) is 0 Å². The number of hydrogen-bond donors (Lipinski definition) is 1. The van der Waals surface area contributed by atoms with E-state index in [1.807, 2.05) is 13.2 Å². The highest BCUT2D eigenvalue weighted by atomic mass is 19.1. The topological polar surface area (TPSA) is 42.7 Å². The maximum atomic E-state index is 12.8. The van der Waals surface area contributed by atoms with E-state index in [1.165, 1.54) is 12.3 Å². The largest absolute Gasteiger partial charge is 0.380 e. The van der Waals surface area contributed by atoms with Gasteiger partial charge in [0.1, 0.15) is 5.82 Å². The van der Waals surface area contributed by atoms with Gasteiger partial charge in [-0.15, -0.1) is 0 Å². The third-order valence-corrected chi connectivity index (χ3v) is 1.96. The predicted molar refractivity (Wildman–Crippen MR) is 54.7 cm³/mol. The van der Waals surface area contributed by atoms with Crippen LogP contribution in [-0.4, -0.2) is 14.8 Å². The molecule has 0 unspecified atom stereocenters. The fourth-order valence-corrected chi connectivity index (χ4v) is 1.28. The van der Waals surface area contributed by atoms with E-state index < -0.39 is 0 Å². The highest BCUT2D eigenvalue weighted by Crippen LogP contribution is 2.08. The van der Waals surface area contributed by atoms with Crippen molar-refractivity contribution in [2.75, 3.05) is 5.32 Å². The van der Waals surface area contributed by atoms with Crippen molar-refractivity contribution in [2.24, 2.45) is 7.05 Å². The number of rotatable bonds is 3. The fraction of sp³-hybridized carbons (Fsp3) is 0.200. The Morgan fingerprint density at radius 3 is 2.93 bits per heavy atom. The second-order valence-electron chi connectivity index (χ2n) is 3.27. The van der Waals surface area contributed by atoms with E-state index in [4.69, 9.17) is 0 Å². The highest BCUT2D eigenvalue weighted by molar-refractivity contribution is 5.40. The van der Waals surface area contributed by atoms with Crippen LogP contribution in [-0.2, 0) is 13.6 Å². The molecule has 0 saturated carbocycles. The Bertz CT molecular complexity index is 452. The van der Waals surface area contributed by atoms with Gasteiger partial charge in [-0.3, -0.25) is 9.67 Å². The van der Waals surface area contributed by atoms with E-state index in [2.05, 4.69) is 15.4 Å². The van der Waals surface area contributed by atoms with Crippen LogP contribution in [0.1, 0.15) is 5.56 Å². The molecule has 0 aromatic carbocycles. The van der Waals surface area contributed by atoms with Crippen molar-refractivity contribution in [3.63, 3.8) is 0 Å². The Morgan fingerprint density at radius 2 is 2.27 bits per heavy atom. The number of pyridine rings is 1. The summed E-state index contributed by atoms with van der Waals surface area (Å²) >= 11 is 0. The number of nitrogens with zero attached hydrogens (tertiary/aromatic N) is 3. The van der Waals surface area contributed by atoms with Crippen LogP contribution >= 0.6 is 0 Å². The molecule has 2 rings (SSSR count). The first-order valence-corrected chi connectivity index (χ1v) is 4.56. The molecule has 0 aliphatic rings. The molecule has 1 N–H and O–H groups in total. The van der Waals surface area contributed by atoms with Crippen molar-refractivity contribution in [2.45, 2.75) is 6.54 Å². The second kappa shape index (κ2) is 4.08. The Balaban J connectivity index is 1.99. The van der Waals surface area contributed by atoms with Gasteiger partial charge in [0.05, 0.1) is 24.3 Å². The maximum absolute atomic E-state index is 12.8. The summed E-state index contributed by atoms with van der Waals surface area (Å²) < 4.78 is 14.5. The minimum absolute atomic E-state index is 0.341. The first kappa shape index (κ1) is 9.64. The number of halogens is 1. The molecule has 0 aliphatic heterocycles. The lowest BCUT2D eigenvalue weighted by molar-refractivity contribution is 0.622. The molecule has 0 atom stereocenters. The number of aromatic nitrogens is 3. The molecule has 0 amide bonds. The minimum atomic E-state index is -0.341. The van der Waals surface area contributed by atoms with Gasteiger partial charge in [-0.25, -0.2) is 4.39 Å². The average Bonchev–Trinajstić information content (AvgIpc) is 2.62. The first-order chi connectivity index (χ1) is 7.24. The zero-order valence-electron chi connectivity index (χ0n) is 8.31. The van der Waals surface area contributed by atoms with Gasteiger partial charge in [-0.2, -0.15) is 5.10 Å². The van der Waals surface area contributed by atoms with Crippen LogP contribution in [0.15, 0.2) is 30.9 Å². The van der Waals surface area contributed by atoms with Crippen molar-refractivity contribution in [1.29, 1.82) is 0 Å². The molecular formula is C10H11FN4. The first-order valence-electron chi connectivity index (χ1n) is 4.56. The molecule has 5 heteroatoms. The Hall–Kier alpha value is -1.91. The lowest BCUT2D eigenvalue weighted by Gasteiger charge is -2.03. The van der Waals surface area contributed by atoms with E-state index in [1.54, 1.807) is 17.1 Å². The van der Waals surface area contributed by atoms with E-state index >= 15 is 0 Å². The molecule has 15 heavy (non-hydrogen) atoms. The Kier molecular flexibility index (Phi) is 2.62. The molecule has 0 saturated heterocycles. The van der Waals surface area contributed by atoms with Gasteiger partial charge in [0.15, 0.2) is 0 Å². The van der Waals surface area contributed by atoms with Crippen LogP contribution in [0, 0.1) is 5.82 Å². The predicted octanol–water partition coefficient (Wildman–Crippen LogP) is 1.57. The van der Waals surface area contributed by atoms with E-state index in [0.29, 0.717) is 12.2 Å². The van der Waals surface area contributed by atoms with E-state index in [0.717, 1.165) is 5.56 Å². The molecule has 2 heterocycles. The zero-order valence-corrected chi connectivity index (χ0v) is 8.31. The molecule has 0 radical (unpaired) electrons. The molecule has 2 aromatic rings. The van der Waals surface area contributed by atoms with Crippen LogP contribution in [0.25, 0.3) is 0 Å². The molecule has 2 aromatic heterocycles. The summed E-state index contributed by atoms with van der Waals surface area (Å²) in [5.41, 5.74) is 1.71. The number of nitrogens with one attached hydrogen (secondary N) is 1. The Morgan fingerprint density at radius 1 is 1.40 bits per heavy atom. The third-order valence-electron chi connectivity index (χ3n) is 1.96. The summed E-state index contributed by atoms with van der Waals surface area (Å²) in [6.07, 6.45) is 6.42. The van der Waals surface area contributed by atoms with Gasteiger partial charge >= 0.3 is 0 Å². The van der Waals surface area contributed by atoms with Crippen LogP contribution in [0.4, 0.5) is 10.1 Å². The van der Waals surface area contributed by atoms with Crippen molar-refractivity contribution >= 4 is 5.69 Å². The summed E-state index contributed by atoms with van der Waals surface area (Å²) in [6, 6.07) is 1.41. The molecule has 4 nitrogen and oxygen atoms in total. The molecule has 78 valence electrons. The normalized spacial score (nSPS) is 10.3. The lowest BCUT2D eigenvalue weighted by atomic mass is 10.3. The van der Waals surface area contributed by atoms with E-state index in [9.17, 15) is 4.39 Å². The fourth-order valence-electron chi connectivity index (χ4n) is 1.28. The van der Waals surface area contributed by atoms with Gasteiger partial charge in [-0.05, 0) is 0 Å². The minimum Gasteiger partial charge on any atom is -0.380 e. The molecule has 0 aliphatic carbocycles. The van der Waals surface area contributed by atoms with Crippen molar-refractivity contribution < 1.29 is 4.39 Å². The van der Waals surface area contributed by atoms with Gasteiger partial charge in [0.2, 0.25) is 0 Å². The van der Waals surface area contributed by atoms with Gasteiger partial charge in [0, 0.05) is 31.4 Å². The standard InChI is InChI=1S/C10H11FN4/c1-15-7-8(4-14-15)3-13-10-2-9(11)5-12-6-10/h2,4-7,13H,3H2,1H3. The van der Waals surface area contributed by atoms with Crippen molar-refractivity contribution in [1.82, 2.24) is 14.8 Å². The molecule has 0 spiro atoms. The van der Waals surface area contributed by atoms with Crippen LogP contribution < -0.4 is 5.32 Å². The molecule has 0 fully saturated rings. The summed E-state index contributed by atoms with van der Waals surface area (Å²) in [5, 5.41) is 7.09. The average molecular weight is 206 g/mol. The summed E-state index contributed by atoms with van der Waals surface area (Å²) in [4.78, 5) is 3.74. The quantitative estimate of drug-likeness (QED) is 0.828. The monoisotopic (exact) mass is 206 g/mol. The van der Waals surface area contributed by atoms with Crippen molar-refractivity contribution in [3.05, 3.63) is 42.2 Å². The van der Waals surface area contributed by atoms with Crippen molar-refractivity contribution in [3.8, 4) is 0 Å². The van der Waals surface area contributed by atoms with Gasteiger partial charge in [0.25, 0.3) is 0 Å². The summed E-state index contributed by atoms with van der Waals surface area (Å²) in [5.74, 6) is -0.341. The summed E-state index contributed by atoms with van der Waals surface area (Å²) in [7, 11) is 1.85. The number of anilines is 1. The molecule has 0 bridgehead atoms. The van der Waals surface area contributed by atoms with Crippen LogP contribution in [0.3, 0.4) is 0 Å². The lowest BCUT2D eigenvalue weighted by Crippen LogP contribution is -1.99. The summed E-state index contributed by atoms with van der Waals surface area (Å²) in [6.45, 7) is 0.610. The van der Waals surface area contributed by atoms with Gasteiger partial charge < -0.3 is 5.32 Å². The van der Waals surface area contributed by atoms with E-state index in [-0.39, 0.29) is 5.82 Å². The van der Waals surface area contributed by atoms with Gasteiger partial charge in [-0.1, -0.05) is 0 Å². The SMILES string of the molecule is Cn1cc(CNc2cncc(F)c2)cn1. The Labute approximate surface area is 86.8 Å². The van der Waals surface area contributed by atoms with Crippen LogP contribution in [0.5, 0.6) is 0 Å². The maximum Gasteiger partial charge on any atom is 0.143 e. The molecular weight excluding hydrogens is 195 g/mol. The zero-order chi connectivity index (χ0) is 10.7. The second-order valence-corrected chi connectivity index (χ2v) is 3.27. The smallest absolute Gasteiger partial charge is 0.143 e. The third kappa shape index (κ3) is 2.52. The highest BCUT2D eigenvalue weighted by Gasteiger charge is 1.97. The number of hydrogen-bond acceptors (Lipinski definition) is 3. The number of aryl methyl sites for hydroxylation is 1.